The van der Waals surface area contributed by atoms with Crippen molar-refractivity contribution in [2.24, 2.45) is 0 Å². The molecule has 1 fully saturated rings. The highest BCUT2D eigenvalue weighted by atomic mass is 16.1. The monoisotopic (exact) mass is 334 g/mol. The quantitative estimate of drug-likeness (QED) is 0.719. The van der Waals surface area contributed by atoms with Crippen molar-refractivity contribution in [2.45, 2.75) is 44.6 Å². The Kier molecular flexibility index (Phi) is 4.46. The molecule has 0 saturated heterocycles. The summed E-state index contributed by atoms with van der Waals surface area (Å²) < 4.78 is 1.82. The summed E-state index contributed by atoms with van der Waals surface area (Å²) in [6, 6.07) is 15.7. The van der Waals surface area contributed by atoms with E-state index < -0.39 is 0 Å². The Balaban J connectivity index is 1.55. The average molecular weight is 334 g/mol. The van der Waals surface area contributed by atoms with Gasteiger partial charge in [0.25, 0.3) is 0 Å². The number of benzene rings is 1. The van der Waals surface area contributed by atoms with Crippen molar-refractivity contribution in [1.82, 2.24) is 14.6 Å². The van der Waals surface area contributed by atoms with Gasteiger partial charge < -0.3 is 5.32 Å². The molecule has 1 saturated carbocycles. The maximum Gasteiger partial charge on any atom is 0.170 e. The molecule has 1 aromatic carbocycles. The third kappa shape index (κ3) is 3.55. The minimum Gasteiger partial charge on any atom is -0.367 e. The van der Waals surface area contributed by atoms with Crippen LogP contribution in [0.4, 0.5) is 5.82 Å². The number of aromatic nitrogens is 3. The first-order chi connectivity index (χ1) is 12.3. The molecule has 25 heavy (non-hydrogen) atoms. The van der Waals surface area contributed by atoms with Crippen LogP contribution in [0.5, 0.6) is 0 Å². The zero-order valence-corrected chi connectivity index (χ0v) is 14.2. The highest BCUT2D eigenvalue weighted by Crippen LogP contribution is 2.22. The molecule has 5 nitrogen and oxygen atoms in total. The predicted molar refractivity (Wildman–Crippen MR) is 98.0 cm³/mol. The van der Waals surface area contributed by atoms with Gasteiger partial charge in [-0.25, -0.2) is 4.98 Å². The van der Waals surface area contributed by atoms with Crippen molar-refractivity contribution in [2.75, 3.05) is 5.32 Å². The second kappa shape index (κ2) is 7.05. The predicted octanol–water partition coefficient (Wildman–Crippen LogP) is 3.90. The van der Waals surface area contributed by atoms with E-state index in [-0.39, 0.29) is 12.2 Å². The largest absolute Gasteiger partial charge is 0.367 e. The Morgan fingerprint density at radius 2 is 1.84 bits per heavy atom. The van der Waals surface area contributed by atoms with Crippen LogP contribution in [0.2, 0.25) is 0 Å². The standard InChI is InChI=1S/C20H22N4O/c25-17(15-8-3-1-4-9-15)14-18-22-20-13-7-12-19(24(20)23-18)21-16-10-5-2-6-11-16/h1,3-4,7-9,12-13,16,21H,2,5-6,10-11,14H2. The second-order valence-electron chi connectivity index (χ2n) is 6.65. The number of pyridine rings is 1. The maximum atomic E-state index is 12.4. The van der Waals surface area contributed by atoms with E-state index in [1.165, 1.54) is 32.1 Å². The van der Waals surface area contributed by atoms with Gasteiger partial charge >= 0.3 is 0 Å². The molecule has 1 N–H and O–H groups in total. The summed E-state index contributed by atoms with van der Waals surface area (Å²) in [7, 11) is 0. The van der Waals surface area contributed by atoms with Crippen molar-refractivity contribution in [3.63, 3.8) is 0 Å². The number of ketones is 1. The SMILES string of the molecule is O=C(Cc1nc2cccc(NC3CCCCC3)n2n1)c1ccccc1. The summed E-state index contributed by atoms with van der Waals surface area (Å²) in [5.74, 6) is 1.56. The molecule has 0 unspecified atom stereocenters. The van der Waals surface area contributed by atoms with E-state index in [4.69, 9.17) is 0 Å². The highest BCUT2D eigenvalue weighted by molar-refractivity contribution is 5.97. The van der Waals surface area contributed by atoms with Crippen LogP contribution >= 0.6 is 0 Å². The molecule has 0 amide bonds. The van der Waals surface area contributed by atoms with Gasteiger partial charge in [-0.2, -0.15) is 4.52 Å². The Morgan fingerprint density at radius 3 is 2.64 bits per heavy atom. The van der Waals surface area contributed by atoms with Crippen molar-refractivity contribution < 1.29 is 4.79 Å². The first kappa shape index (κ1) is 15.8. The van der Waals surface area contributed by atoms with Crippen molar-refractivity contribution in [1.29, 1.82) is 0 Å². The van der Waals surface area contributed by atoms with Crippen LogP contribution in [0.3, 0.4) is 0 Å². The number of fused-ring (bicyclic) bond motifs is 1. The van der Waals surface area contributed by atoms with Crippen LogP contribution in [0, 0.1) is 0 Å². The van der Waals surface area contributed by atoms with Crippen LogP contribution in [0.1, 0.15) is 48.3 Å². The van der Waals surface area contributed by atoms with Gasteiger partial charge in [0.15, 0.2) is 17.3 Å². The van der Waals surface area contributed by atoms with E-state index >= 15 is 0 Å². The maximum absolute atomic E-state index is 12.4. The van der Waals surface area contributed by atoms with Crippen LogP contribution in [0.25, 0.3) is 5.65 Å². The lowest BCUT2D eigenvalue weighted by molar-refractivity contribution is 0.0991. The van der Waals surface area contributed by atoms with Gasteiger partial charge in [0.1, 0.15) is 5.82 Å². The summed E-state index contributed by atoms with van der Waals surface area (Å²) >= 11 is 0. The van der Waals surface area contributed by atoms with Crippen molar-refractivity contribution in [3.8, 4) is 0 Å². The molecular formula is C20H22N4O. The molecule has 0 atom stereocenters. The van der Waals surface area contributed by atoms with Gasteiger partial charge in [-0.1, -0.05) is 55.7 Å². The zero-order chi connectivity index (χ0) is 17.1. The van der Waals surface area contributed by atoms with Gasteiger partial charge in [-0.05, 0) is 25.0 Å². The van der Waals surface area contributed by atoms with E-state index in [9.17, 15) is 4.79 Å². The molecule has 0 radical (unpaired) electrons. The number of nitrogens with zero attached hydrogens (tertiary/aromatic N) is 3. The lowest BCUT2D eigenvalue weighted by atomic mass is 9.95. The number of Topliss-reactive ketones (excluding diaryl/α,β-unsaturated/α-hetero) is 1. The van der Waals surface area contributed by atoms with Crippen LogP contribution in [0.15, 0.2) is 48.5 Å². The Labute approximate surface area is 147 Å². The average Bonchev–Trinajstić information content (AvgIpc) is 3.07. The third-order valence-corrected chi connectivity index (χ3v) is 4.78. The first-order valence-electron chi connectivity index (χ1n) is 8.99. The van der Waals surface area contributed by atoms with Gasteiger partial charge in [0, 0.05) is 11.6 Å². The van der Waals surface area contributed by atoms with Crippen molar-refractivity contribution >= 4 is 17.2 Å². The summed E-state index contributed by atoms with van der Waals surface area (Å²) in [4.78, 5) is 16.9. The summed E-state index contributed by atoms with van der Waals surface area (Å²) in [6.07, 6.45) is 6.50. The molecule has 0 bridgehead atoms. The summed E-state index contributed by atoms with van der Waals surface area (Å²) in [6.45, 7) is 0. The molecule has 2 heterocycles. The fourth-order valence-corrected chi connectivity index (χ4v) is 3.46. The van der Waals surface area contributed by atoms with E-state index in [2.05, 4.69) is 15.4 Å². The smallest absolute Gasteiger partial charge is 0.170 e. The molecule has 3 aromatic rings. The van der Waals surface area contributed by atoms with E-state index in [0.717, 1.165) is 11.5 Å². The number of anilines is 1. The normalized spacial score (nSPS) is 15.4. The van der Waals surface area contributed by atoms with E-state index in [1.807, 2.05) is 53.0 Å². The molecule has 128 valence electrons. The minimum atomic E-state index is 0.0401. The molecular weight excluding hydrogens is 312 g/mol. The third-order valence-electron chi connectivity index (χ3n) is 4.78. The van der Waals surface area contributed by atoms with Crippen LogP contribution in [-0.2, 0) is 6.42 Å². The van der Waals surface area contributed by atoms with Gasteiger partial charge in [-0.3, -0.25) is 4.79 Å². The molecule has 5 heteroatoms. The van der Waals surface area contributed by atoms with E-state index in [1.54, 1.807) is 0 Å². The number of hydrogen-bond acceptors (Lipinski definition) is 4. The zero-order valence-electron chi connectivity index (χ0n) is 14.2. The number of hydrogen-bond donors (Lipinski definition) is 1. The number of nitrogens with one attached hydrogen (secondary N) is 1. The first-order valence-corrected chi connectivity index (χ1v) is 8.99. The molecule has 1 aliphatic rings. The number of carbonyl (C=O) groups is 1. The molecule has 1 aliphatic carbocycles. The minimum absolute atomic E-state index is 0.0401. The Morgan fingerprint density at radius 1 is 1.04 bits per heavy atom. The van der Waals surface area contributed by atoms with E-state index in [0.29, 0.717) is 17.4 Å². The fraction of sp³-hybridized carbons (Fsp3) is 0.350. The summed E-state index contributed by atoms with van der Waals surface area (Å²) in [5, 5.41) is 8.16. The fourth-order valence-electron chi connectivity index (χ4n) is 3.46. The lowest BCUT2D eigenvalue weighted by Crippen LogP contribution is -2.23. The van der Waals surface area contributed by atoms with Gasteiger partial charge in [0.05, 0.1) is 6.42 Å². The van der Waals surface area contributed by atoms with Gasteiger partial charge in [-0.15, -0.1) is 5.10 Å². The molecule has 4 rings (SSSR count). The van der Waals surface area contributed by atoms with Crippen LogP contribution < -0.4 is 5.32 Å². The Bertz CT molecular complexity index is 866. The molecule has 2 aromatic heterocycles. The van der Waals surface area contributed by atoms with Gasteiger partial charge in [0.2, 0.25) is 0 Å². The molecule has 0 spiro atoms. The number of carbonyl (C=O) groups excluding carboxylic acids is 1. The highest BCUT2D eigenvalue weighted by Gasteiger charge is 2.16. The van der Waals surface area contributed by atoms with Crippen molar-refractivity contribution in [3.05, 3.63) is 59.9 Å². The lowest BCUT2D eigenvalue weighted by Gasteiger charge is -2.23. The summed E-state index contributed by atoms with van der Waals surface area (Å²) in [5.41, 5.74) is 1.47. The Hall–Kier alpha value is -2.69. The second-order valence-corrected chi connectivity index (χ2v) is 6.65. The van der Waals surface area contributed by atoms with Crippen LogP contribution in [-0.4, -0.2) is 26.4 Å². The number of rotatable bonds is 5. The topological polar surface area (TPSA) is 59.3 Å². The molecule has 0 aliphatic heterocycles.